The van der Waals surface area contributed by atoms with Gasteiger partial charge in [0.05, 0.1) is 5.54 Å². The Balaban J connectivity index is 1.19. The summed E-state index contributed by atoms with van der Waals surface area (Å²) in [4.78, 5) is 30.8. The lowest BCUT2D eigenvalue weighted by Gasteiger charge is -2.44. The molecule has 0 unspecified atom stereocenters. The predicted octanol–water partition coefficient (Wildman–Crippen LogP) is 4.32. The number of carbonyl (C=O) groups excluding carboxylic acids is 2. The molecule has 0 radical (unpaired) electrons. The smallest absolute Gasteiger partial charge is 0.222 e. The highest BCUT2D eigenvalue weighted by Gasteiger charge is 2.39. The van der Waals surface area contributed by atoms with Crippen LogP contribution in [0.15, 0.2) is 41.8 Å². The standard InChI is InChI=1S/C26H35N3O2S/c1-28(2)26(23-9-6-18-32-23)15-12-22(13-16-26)27-24(30)10-5-11-25(31)29-17-14-20-7-3-4-8-21(20)19-29/h3-4,6-9,18,22H,5,10-17,19H2,1-2H3,(H,27,30). The van der Waals surface area contributed by atoms with E-state index in [9.17, 15) is 9.59 Å². The van der Waals surface area contributed by atoms with Crippen LogP contribution in [0.2, 0.25) is 0 Å². The summed E-state index contributed by atoms with van der Waals surface area (Å²) in [5.74, 6) is 0.247. The highest BCUT2D eigenvalue weighted by Crippen LogP contribution is 2.43. The molecule has 1 aliphatic carbocycles. The lowest BCUT2D eigenvalue weighted by Crippen LogP contribution is -2.48. The molecule has 1 aromatic heterocycles. The van der Waals surface area contributed by atoms with Gasteiger partial charge in [-0.25, -0.2) is 0 Å². The first-order valence-corrected chi connectivity index (χ1v) is 12.7. The Morgan fingerprint density at radius 2 is 1.84 bits per heavy atom. The van der Waals surface area contributed by atoms with Gasteiger partial charge in [0.1, 0.15) is 0 Å². The van der Waals surface area contributed by atoms with E-state index in [0.29, 0.717) is 25.8 Å². The lowest BCUT2D eigenvalue weighted by molar-refractivity contribution is -0.132. The molecule has 32 heavy (non-hydrogen) atoms. The quantitative estimate of drug-likeness (QED) is 0.679. The van der Waals surface area contributed by atoms with Gasteiger partial charge in [0, 0.05) is 36.9 Å². The zero-order valence-electron chi connectivity index (χ0n) is 19.3. The molecule has 2 aromatic rings. The van der Waals surface area contributed by atoms with Gasteiger partial charge in [0.15, 0.2) is 0 Å². The number of rotatable bonds is 7. The van der Waals surface area contributed by atoms with Crippen molar-refractivity contribution in [2.75, 3.05) is 20.6 Å². The molecular formula is C26H35N3O2S. The Morgan fingerprint density at radius 3 is 2.53 bits per heavy atom. The molecular weight excluding hydrogens is 418 g/mol. The fourth-order valence-corrected chi connectivity index (χ4v) is 6.33. The molecule has 0 bridgehead atoms. The number of hydrogen-bond donors (Lipinski definition) is 1. The number of hydrogen-bond acceptors (Lipinski definition) is 4. The van der Waals surface area contributed by atoms with Crippen LogP contribution in [0.4, 0.5) is 0 Å². The second kappa shape index (κ2) is 10.2. The number of carbonyl (C=O) groups is 2. The summed E-state index contributed by atoms with van der Waals surface area (Å²) < 4.78 is 0. The van der Waals surface area contributed by atoms with Crippen LogP contribution in [-0.4, -0.2) is 48.3 Å². The van der Waals surface area contributed by atoms with Crippen molar-refractivity contribution in [1.29, 1.82) is 0 Å². The highest BCUT2D eigenvalue weighted by molar-refractivity contribution is 7.10. The minimum atomic E-state index is 0.0836. The SMILES string of the molecule is CN(C)C1(c2cccs2)CCC(NC(=O)CCCC(=O)N2CCc3ccccc3C2)CC1. The van der Waals surface area contributed by atoms with Crippen molar-refractivity contribution in [2.45, 2.75) is 69.5 Å². The molecule has 1 aromatic carbocycles. The summed E-state index contributed by atoms with van der Waals surface area (Å²) in [6, 6.07) is 13.0. The summed E-state index contributed by atoms with van der Waals surface area (Å²) in [5, 5.41) is 5.38. The van der Waals surface area contributed by atoms with Crippen LogP contribution in [0.25, 0.3) is 0 Å². The highest BCUT2D eigenvalue weighted by atomic mass is 32.1. The van der Waals surface area contributed by atoms with Crippen LogP contribution < -0.4 is 5.32 Å². The summed E-state index contributed by atoms with van der Waals surface area (Å²) in [7, 11) is 4.33. The van der Waals surface area contributed by atoms with Crippen LogP contribution in [0.1, 0.15) is 60.9 Å². The number of amides is 2. The van der Waals surface area contributed by atoms with Crippen molar-refractivity contribution in [2.24, 2.45) is 0 Å². The molecule has 5 nitrogen and oxygen atoms in total. The van der Waals surface area contributed by atoms with Crippen molar-refractivity contribution in [3.8, 4) is 0 Å². The van der Waals surface area contributed by atoms with Gasteiger partial charge < -0.3 is 10.2 Å². The molecule has 0 atom stereocenters. The molecule has 2 heterocycles. The zero-order chi connectivity index (χ0) is 22.6. The first-order valence-electron chi connectivity index (χ1n) is 11.8. The summed E-state index contributed by atoms with van der Waals surface area (Å²) in [6.45, 7) is 1.48. The van der Waals surface area contributed by atoms with Crippen molar-refractivity contribution < 1.29 is 9.59 Å². The van der Waals surface area contributed by atoms with Gasteiger partial charge in [-0.05, 0) is 75.2 Å². The minimum Gasteiger partial charge on any atom is -0.353 e. The van der Waals surface area contributed by atoms with Gasteiger partial charge in [-0.1, -0.05) is 30.3 Å². The zero-order valence-corrected chi connectivity index (χ0v) is 20.1. The van der Waals surface area contributed by atoms with E-state index < -0.39 is 0 Å². The maximum Gasteiger partial charge on any atom is 0.222 e. The number of nitrogens with zero attached hydrogens (tertiary/aromatic N) is 2. The third-order valence-electron chi connectivity index (χ3n) is 7.29. The van der Waals surface area contributed by atoms with Crippen LogP contribution in [0.5, 0.6) is 0 Å². The number of benzene rings is 1. The van der Waals surface area contributed by atoms with Crippen LogP contribution in [-0.2, 0) is 28.1 Å². The average molecular weight is 454 g/mol. The molecule has 1 saturated carbocycles. The number of nitrogens with one attached hydrogen (secondary N) is 1. The van der Waals surface area contributed by atoms with Gasteiger partial charge in [0.2, 0.25) is 11.8 Å². The normalized spacial score (nSPS) is 23.1. The van der Waals surface area contributed by atoms with E-state index in [2.05, 4.69) is 60.0 Å². The molecule has 4 rings (SSSR count). The Morgan fingerprint density at radius 1 is 1.09 bits per heavy atom. The molecule has 6 heteroatoms. The Bertz CT molecular complexity index is 917. The third-order valence-corrected chi connectivity index (χ3v) is 8.35. The first kappa shape index (κ1) is 23.0. The topological polar surface area (TPSA) is 52.7 Å². The fraction of sp³-hybridized carbons (Fsp3) is 0.538. The van der Waals surface area contributed by atoms with E-state index in [1.807, 2.05) is 22.3 Å². The largest absolute Gasteiger partial charge is 0.353 e. The van der Waals surface area contributed by atoms with Crippen LogP contribution in [0, 0.1) is 0 Å². The number of thiophene rings is 1. The van der Waals surface area contributed by atoms with Gasteiger partial charge in [-0.2, -0.15) is 0 Å². The molecule has 172 valence electrons. The number of fused-ring (bicyclic) bond motifs is 1. The van der Waals surface area contributed by atoms with Crippen molar-refractivity contribution in [3.63, 3.8) is 0 Å². The van der Waals surface area contributed by atoms with Gasteiger partial charge in [-0.15, -0.1) is 11.3 Å². The van der Waals surface area contributed by atoms with Gasteiger partial charge in [0.25, 0.3) is 0 Å². The van der Waals surface area contributed by atoms with Crippen molar-refractivity contribution >= 4 is 23.2 Å². The molecule has 2 aliphatic rings. The first-order chi connectivity index (χ1) is 15.5. The van der Waals surface area contributed by atoms with Gasteiger partial charge in [-0.3, -0.25) is 14.5 Å². The molecule has 2 amide bonds. The predicted molar refractivity (Wildman–Crippen MR) is 129 cm³/mol. The third kappa shape index (κ3) is 5.07. The fourth-order valence-electron chi connectivity index (χ4n) is 5.26. The molecule has 0 saturated heterocycles. The Labute approximate surface area is 195 Å². The summed E-state index contributed by atoms with van der Waals surface area (Å²) in [5.41, 5.74) is 2.69. The Hall–Kier alpha value is -2.18. The van der Waals surface area contributed by atoms with Crippen LogP contribution in [0.3, 0.4) is 0 Å². The van der Waals surface area contributed by atoms with Crippen molar-refractivity contribution in [3.05, 3.63) is 57.8 Å². The maximum absolute atomic E-state index is 12.6. The lowest BCUT2D eigenvalue weighted by atomic mass is 9.77. The van der Waals surface area contributed by atoms with E-state index in [0.717, 1.165) is 38.6 Å². The van der Waals surface area contributed by atoms with E-state index >= 15 is 0 Å². The van der Waals surface area contributed by atoms with E-state index in [1.54, 1.807) is 0 Å². The van der Waals surface area contributed by atoms with E-state index in [-0.39, 0.29) is 23.4 Å². The van der Waals surface area contributed by atoms with E-state index in [4.69, 9.17) is 0 Å². The van der Waals surface area contributed by atoms with E-state index in [1.165, 1.54) is 16.0 Å². The second-order valence-electron chi connectivity index (χ2n) is 9.43. The summed E-state index contributed by atoms with van der Waals surface area (Å²) in [6.07, 6.45) is 6.51. The maximum atomic E-state index is 12.6. The van der Waals surface area contributed by atoms with Gasteiger partial charge >= 0.3 is 0 Å². The molecule has 1 N–H and O–H groups in total. The average Bonchev–Trinajstić information content (AvgIpc) is 3.34. The summed E-state index contributed by atoms with van der Waals surface area (Å²) >= 11 is 1.83. The molecule has 0 spiro atoms. The minimum absolute atomic E-state index is 0.0836. The Kier molecular flexibility index (Phi) is 7.31. The van der Waals surface area contributed by atoms with Crippen molar-refractivity contribution in [1.82, 2.24) is 15.1 Å². The molecule has 1 aliphatic heterocycles. The molecule has 1 fully saturated rings. The monoisotopic (exact) mass is 453 g/mol. The van der Waals surface area contributed by atoms with Crippen LogP contribution >= 0.6 is 11.3 Å². The second-order valence-corrected chi connectivity index (χ2v) is 10.4.